The third-order valence-corrected chi connectivity index (χ3v) is 4.85. The Morgan fingerprint density at radius 2 is 2.50 bits per heavy atom. The number of thiazole rings is 1. The van der Waals surface area contributed by atoms with Gasteiger partial charge in [0.05, 0.1) is 18.4 Å². The number of furan rings is 1. The van der Waals surface area contributed by atoms with E-state index >= 15 is 0 Å². The number of rotatable bonds is 6. The van der Waals surface area contributed by atoms with E-state index in [0.717, 1.165) is 48.7 Å². The number of carbonyl (C=O) groups is 1. The molecule has 1 aliphatic rings. The summed E-state index contributed by atoms with van der Waals surface area (Å²) in [5, 5.41) is 6.21. The molecule has 6 heteroatoms. The highest BCUT2D eigenvalue weighted by Gasteiger charge is 2.26. The number of amides is 1. The Morgan fingerprint density at radius 1 is 1.59 bits per heavy atom. The third-order valence-electron chi connectivity index (χ3n) is 3.91. The number of carbonyl (C=O) groups excluding carboxylic acids is 1. The summed E-state index contributed by atoms with van der Waals surface area (Å²) >= 11 is 1.55. The van der Waals surface area contributed by atoms with Crippen molar-refractivity contribution >= 4 is 17.2 Å². The fourth-order valence-corrected chi connectivity index (χ4v) is 3.63. The summed E-state index contributed by atoms with van der Waals surface area (Å²) in [5.41, 5.74) is 1.81. The van der Waals surface area contributed by atoms with E-state index in [9.17, 15) is 4.79 Å². The highest BCUT2D eigenvalue weighted by molar-refractivity contribution is 7.13. The van der Waals surface area contributed by atoms with E-state index in [-0.39, 0.29) is 5.91 Å². The number of nitrogens with one attached hydrogen (secondary N) is 1. The van der Waals surface area contributed by atoms with Gasteiger partial charge in [-0.2, -0.15) is 0 Å². The number of hydrogen-bond acceptors (Lipinski definition) is 5. The minimum Gasteiger partial charge on any atom is -0.472 e. The van der Waals surface area contributed by atoms with Crippen molar-refractivity contribution in [1.82, 2.24) is 15.2 Å². The molecule has 3 heterocycles. The Hall–Kier alpha value is -1.66. The van der Waals surface area contributed by atoms with Gasteiger partial charge in [-0.25, -0.2) is 4.98 Å². The maximum absolute atomic E-state index is 12.6. The molecule has 1 saturated heterocycles. The van der Waals surface area contributed by atoms with Crippen LogP contribution in [0, 0.1) is 0 Å². The third kappa shape index (κ3) is 3.39. The van der Waals surface area contributed by atoms with Gasteiger partial charge in [0, 0.05) is 30.1 Å². The predicted molar refractivity (Wildman–Crippen MR) is 86.8 cm³/mol. The molecule has 22 heavy (non-hydrogen) atoms. The maximum Gasteiger partial charge on any atom is 0.228 e. The van der Waals surface area contributed by atoms with Gasteiger partial charge in [0.1, 0.15) is 11.3 Å². The zero-order chi connectivity index (χ0) is 15.4. The molecule has 1 N–H and O–H groups in total. The fourth-order valence-electron chi connectivity index (χ4n) is 2.82. The first kappa shape index (κ1) is 15.2. The second-order valence-corrected chi connectivity index (χ2v) is 6.42. The summed E-state index contributed by atoms with van der Waals surface area (Å²) in [5.74, 6) is 0.180. The molecular formula is C16H21N3O2S. The topological polar surface area (TPSA) is 58.4 Å². The molecule has 1 aliphatic heterocycles. The smallest absolute Gasteiger partial charge is 0.228 e. The van der Waals surface area contributed by atoms with Gasteiger partial charge in [0.2, 0.25) is 5.91 Å². The van der Waals surface area contributed by atoms with Gasteiger partial charge in [-0.05, 0) is 25.5 Å². The van der Waals surface area contributed by atoms with Crippen LogP contribution in [0.5, 0.6) is 0 Å². The minimum atomic E-state index is 0.180. The van der Waals surface area contributed by atoms with Crippen LogP contribution in [-0.2, 0) is 11.2 Å². The van der Waals surface area contributed by atoms with E-state index in [1.165, 1.54) is 0 Å². The molecule has 1 unspecified atom stereocenters. The lowest BCUT2D eigenvalue weighted by molar-refractivity contribution is -0.132. The van der Waals surface area contributed by atoms with Crippen molar-refractivity contribution in [3.8, 4) is 10.6 Å². The maximum atomic E-state index is 12.6. The molecule has 1 fully saturated rings. The van der Waals surface area contributed by atoms with E-state index in [4.69, 9.17) is 4.42 Å². The fraction of sp³-hybridized carbons (Fsp3) is 0.500. The van der Waals surface area contributed by atoms with Gasteiger partial charge < -0.3 is 14.6 Å². The standard InChI is InChI=1S/C16H21N3O2S/c1-2-6-19(14-3-5-17-9-14)15(20)8-13-11-22-16(18-13)12-4-7-21-10-12/h4,7,10-11,14,17H,2-3,5-6,8-9H2,1H3. The van der Waals surface area contributed by atoms with Crippen molar-refractivity contribution in [2.45, 2.75) is 32.2 Å². The first-order valence-electron chi connectivity index (χ1n) is 7.75. The molecule has 0 aliphatic carbocycles. The van der Waals surface area contributed by atoms with Crippen LogP contribution in [0.2, 0.25) is 0 Å². The molecule has 0 aromatic carbocycles. The second kappa shape index (κ2) is 7.07. The summed E-state index contributed by atoms with van der Waals surface area (Å²) < 4.78 is 5.08. The number of nitrogens with zero attached hydrogens (tertiary/aromatic N) is 2. The summed E-state index contributed by atoms with van der Waals surface area (Å²) in [4.78, 5) is 19.2. The Morgan fingerprint density at radius 3 is 3.18 bits per heavy atom. The van der Waals surface area contributed by atoms with Crippen LogP contribution in [-0.4, -0.2) is 41.5 Å². The van der Waals surface area contributed by atoms with Crippen molar-refractivity contribution in [2.24, 2.45) is 0 Å². The SMILES string of the molecule is CCCN(C(=O)Cc1csc(-c2ccoc2)n1)C1CCNC1. The molecule has 5 nitrogen and oxygen atoms in total. The van der Waals surface area contributed by atoms with Gasteiger partial charge in [0.15, 0.2) is 0 Å². The quantitative estimate of drug-likeness (QED) is 0.889. The van der Waals surface area contributed by atoms with Gasteiger partial charge in [0.25, 0.3) is 0 Å². The number of aromatic nitrogens is 1. The molecule has 2 aromatic rings. The van der Waals surface area contributed by atoms with E-state index < -0.39 is 0 Å². The van der Waals surface area contributed by atoms with Crippen LogP contribution in [0.15, 0.2) is 28.4 Å². The molecule has 3 rings (SSSR count). The van der Waals surface area contributed by atoms with Crippen molar-refractivity contribution in [2.75, 3.05) is 19.6 Å². The predicted octanol–water partition coefficient (Wildman–Crippen LogP) is 2.55. The molecule has 118 valence electrons. The highest BCUT2D eigenvalue weighted by atomic mass is 32.1. The highest BCUT2D eigenvalue weighted by Crippen LogP contribution is 2.24. The van der Waals surface area contributed by atoms with E-state index in [0.29, 0.717) is 12.5 Å². The monoisotopic (exact) mass is 319 g/mol. The van der Waals surface area contributed by atoms with Gasteiger partial charge in [-0.3, -0.25) is 4.79 Å². The average molecular weight is 319 g/mol. The normalized spacial score (nSPS) is 17.8. The van der Waals surface area contributed by atoms with Crippen LogP contribution in [0.3, 0.4) is 0 Å². The molecule has 0 saturated carbocycles. The minimum absolute atomic E-state index is 0.180. The van der Waals surface area contributed by atoms with Crippen molar-refractivity contribution < 1.29 is 9.21 Å². The summed E-state index contributed by atoms with van der Waals surface area (Å²) in [6, 6.07) is 2.22. The van der Waals surface area contributed by atoms with Gasteiger partial charge in [-0.1, -0.05) is 6.92 Å². The molecular weight excluding hydrogens is 298 g/mol. The van der Waals surface area contributed by atoms with E-state index in [1.54, 1.807) is 23.9 Å². The van der Waals surface area contributed by atoms with Crippen molar-refractivity contribution in [3.63, 3.8) is 0 Å². The molecule has 0 spiro atoms. The molecule has 0 radical (unpaired) electrons. The molecule has 0 bridgehead atoms. The van der Waals surface area contributed by atoms with Crippen LogP contribution >= 0.6 is 11.3 Å². The molecule has 1 atom stereocenters. The Labute approximate surface area is 134 Å². The zero-order valence-corrected chi connectivity index (χ0v) is 13.6. The molecule has 1 amide bonds. The lowest BCUT2D eigenvalue weighted by atomic mass is 10.2. The average Bonchev–Trinajstić information content (AvgIpc) is 3.24. The summed E-state index contributed by atoms with van der Waals surface area (Å²) in [7, 11) is 0. The van der Waals surface area contributed by atoms with Crippen molar-refractivity contribution in [1.29, 1.82) is 0 Å². The van der Waals surface area contributed by atoms with Crippen molar-refractivity contribution in [3.05, 3.63) is 29.7 Å². The largest absolute Gasteiger partial charge is 0.472 e. The Bertz CT molecular complexity index is 603. The zero-order valence-electron chi connectivity index (χ0n) is 12.7. The first-order valence-corrected chi connectivity index (χ1v) is 8.63. The Balaban J connectivity index is 1.67. The summed E-state index contributed by atoms with van der Waals surface area (Å²) in [6.07, 6.45) is 5.73. The van der Waals surface area contributed by atoms with Gasteiger partial charge >= 0.3 is 0 Å². The second-order valence-electron chi connectivity index (χ2n) is 5.57. The first-order chi connectivity index (χ1) is 10.8. The Kier molecular flexibility index (Phi) is 4.90. The number of hydrogen-bond donors (Lipinski definition) is 1. The van der Waals surface area contributed by atoms with E-state index in [2.05, 4.69) is 17.2 Å². The van der Waals surface area contributed by atoms with Gasteiger partial charge in [-0.15, -0.1) is 11.3 Å². The van der Waals surface area contributed by atoms with E-state index in [1.807, 2.05) is 16.3 Å². The van der Waals surface area contributed by atoms with Crippen LogP contribution < -0.4 is 5.32 Å². The lowest BCUT2D eigenvalue weighted by Gasteiger charge is -2.28. The van der Waals surface area contributed by atoms with Crippen LogP contribution in [0.4, 0.5) is 0 Å². The lowest BCUT2D eigenvalue weighted by Crippen LogP contribution is -2.42. The van der Waals surface area contributed by atoms with Crippen LogP contribution in [0.1, 0.15) is 25.5 Å². The summed E-state index contributed by atoms with van der Waals surface area (Å²) in [6.45, 7) is 4.84. The van der Waals surface area contributed by atoms with Crippen LogP contribution in [0.25, 0.3) is 10.6 Å². The molecule has 2 aromatic heterocycles.